The fraction of sp³-hybridized carbons (Fsp3) is 0.364. The normalized spacial score (nSPS) is 12.6. The van der Waals surface area contributed by atoms with E-state index in [9.17, 15) is 0 Å². The van der Waals surface area contributed by atoms with Crippen LogP contribution >= 0.6 is 11.3 Å². The SMILES string of the molecule is Cc1csc(Cc2ccc3ccccc3c2O[Si](C)(C)C(C)(C)C)c1. The third-order valence-corrected chi connectivity index (χ3v) is 10.7. The molecule has 0 N–H and O–H groups in total. The van der Waals surface area contributed by atoms with Crippen LogP contribution in [0.5, 0.6) is 5.75 Å². The molecule has 1 nitrogen and oxygen atoms in total. The van der Waals surface area contributed by atoms with Crippen molar-refractivity contribution in [3.05, 3.63) is 63.8 Å². The molecule has 0 amide bonds. The van der Waals surface area contributed by atoms with Crippen LogP contribution in [-0.4, -0.2) is 8.32 Å². The van der Waals surface area contributed by atoms with Crippen LogP contribution in [-0.2, 0) is 6.42 Å². The van der Waals surface area contributed by atoms with E-state index in [-0.39, 0.29) is 5.04 Å². The lowest BCUT2D eigenvalue weighted by atomic mass is 10.0. The van der Waals surface area contributed by atoms with Gasteiger partial charge in [-0.2, -0.15) is 0 Å². The zero-order valence-electron chi connectivity index (χ0n) is 16.1. The van der Waals surface area contributed by atoms with Gasteiger partial charge in [0, 0.05) is 16.7 Å². The van der Waals surface area contributed by atoms with Crippen molar-refractivity contribution >= 4 is 30.4 Å². The lowest BCUT2D eigenvalue weighted by Crippen LogP contribution is -2.44. The number of rotatable bonds is 4. The van der Waals surface area contributed by atoms with Gasteiger partial charge >= 0.3 is 0 Å². The van der Waals surface area contributed by atoms with E-state index < -0.39 is 8.32 Å². The quantitative estimate of drug-likeness (QED) is 0.443. The average molecular weight is 369 g/mol. The van der Waals surface area contributed by atoms with E-state index in [0.717, 1.165) is 12.2 Å². The fourth-order valence-electron chi connectivity index (χ4n) is 2.73. The molecule has 25 heavy (non-hydrogen) atoms. The van der Waals surface area contributed by atoms with Crippen molar-refractivity contribution in [2.45, 2.75) is 52.2 Å². The number of fused-ring (bicyclic) bond motifs is 1. The van der Waals surface area contributed by atoms with Gasteiger partial charge in [0.25, 0.3) is 8.32 Å². The molecule has 2 aromatic carbocycles. The first kappa shape index (κ1) is 18.2. The maximum atomic E-state index is 6.83. The maximum absolute atomic E-state index is 6.83. The molecule has 0 aliphatic rings. The Morgan fingerprint density at radius 2 is 1.76 bits per heavy atom. The zero-order chi connectivity index (χ0) is 18.2. The second kappa shape index (κ2) is 6.62. The van der Waals surface area contributed by atoms with Gasteiger partial charge in [-0.25, -0.2) is 0 Å². The van der Waals surface area contributed by atoms with Crippen molar-refractivity contribution in [3.63, 3.8) is 0 Å². The highest BCUT2D eigenvalue weighted by atomic mass is 32.1. The molecule has 0 aliphatic carbocycles. The van der Waals surface area contributed by atoms with E-state index in [1.54, 1.807) is 0 Å². The van der Waals surface area contributed by atoms with Crippen LogP contribution in [0.3, 0.4) is 0 Å². The average Bonchev–Trinajstić information content (AvgIpc) is 2.93. The van der Waals surface area contributed by atoms with Gasteiger partial charge in [-0.05, 0) is 53.0 Å². The Kier molecular flexibility index (Phi) is 4.82. The lowest BCUT2D eigenvalue weighted by molar-refractivity contribution is 0.492. The van der Waals surface area contributed by atoms with Crippen LogP contribution < -0.4 is 4.43 Å². The van der Waals surface area contributed by atoms with Gasteiger partial charge in [0.15, 0.2) is 0 Å². The van der Waals surface area contributed by atoms with Crippen LogP contribution in [0, 0.1) is 6.92 Å². The topological polar surface area (TPSA) is 9.23 Å². The molecule has 0 fully saturated rings. The van der Waals surface area contributed by atoms with Gasteiger partial charge in [0.05, 0.1) is 0 Å². The highest BCUT2D eigenvalue weighted by molar-refractivity contribution is 7.10. The lowest BCUT2D eigenvalue weighted by Gasteiger charge is -2.37. The summed E-state index contributed by atoms with van der Waals surface area (Å²) in [7, 11) is -1.90. The van der Waals surface area contributed by atoms with Crippen molar-refractivity contribution in [2.24, 2.45) is 0 Å². The number of benzene rings is 2. The minimum atomic E-state index is -1.90. The number of thiophene rings is 1. The van der Waals surface area contributed by atoms with Gasteiger partial charge in [0.2, 0.25) is 0 Å². The molecule has 0 saturated heterocycles. The number of hydrogen-bond donors (Lipinski definition) is 0. The highest BCUT2D eigenvalue weighted by Crippen LogP contribution is 2.41. The van der Waals surface area contributed by atoms with Crippen molar-refractivity contribution in [3.8, 4) is 5.75 Å². The maximum Gasteiger partial charge on any atom is 0.250 e. The summed E-state index contributed by atoms with van der Waals surface area (Å²) >= 11 is 1.84. The third-order valence-electron chi connectivity index (χ3n) is 5.27. The summed E-state index contributed by atoms with van der Waals surface area (Å²) in [4.78, 5) is 1.40. The summed E-state index contributed by atoms with van der Waals surface area (Å²) in [6.07, 6.45) is 0.938. The smallest absolute Gasteiger partial charge is 0.250 e. The van der Waals surface area contributed by atoms with Crippen LogP contribution in [0.15, 0.2) is 47.8 Å². The molecule has 3 heteroatoms. The first-order chi connectivity index (χ1) is 11.7. The Hall–Kier alpha value is -1.58. The standard InChI is InChI=1S/C22H28OSSi/c1-16-13-19(24-15-16)14-18-12-11-17-9-7-8-10-20(17)21(18)23-25(5,6)22(2,3)4/h7-13,15H,14H2,1-6H3. The largest absolute Gasteiger partial charge is 0.543 e. The molecule has 0 aliphatic heterocycles. The molecule has 0 unspecified atom stereocenters. The Balaban J connectivity index is 2.10. The van der Waals surface area contributed by atoms with Crippen LogP contribution in [0.1, 0.15) is 36.8 Å². The number of hydrogen-bond acceptors (Lipinski definition) is 2. The minimum absolute atomic E-state index is 0.181. The monoisotopic (exact) mass is 368 g/mol. The molecule has 0 bridgehead atoms. The molecule has 3 rings (SSSR count). The third kappa shape index (κ3) is 3.83. The van der Waals surface area contributed by atoms with Crippen LogP contribution in [0.2, 0.25) is 18.1 Å². The molecule has 132 valence electrons. The first-order valence-electron chi connectivity index (χ1n) is 8.91. The molecule has 0 radical (unpaired) electrons. The molecule has 1 heterocycles. The molecule has 3 aromatic rings. The van der Waals surface area contributed by atoms with Crippen molar-refractivity contribution in [2.75, 3.05) is 0 Å². The van der Waals surface area contributed by atoms with E-state index in [0.29, 0.717) is 0 Å². The number of aryl methyl sites for hydroxylation is 1. The predicted octanol–water partition coefficient (Wildman–Crippen LogP) is 7.18. The van der Waals surface area contributed by atoms with Crippen molar-refractivity contribution < 1.29 is 4.43 Å². The Labute approximate surface area is 156 Å². The molecule has 0 saturated carbocycles. The molecule has 0 spiro atoms. The summed E-state index contributed by atoms with van der Waals surface area (Å²) in [6.45, 7) is 13.7. The van der Waals surface area contributed by atoms with Crippen molar-refractivity contribution in [1.82, 2.24) is 0 Å². The van der Waals surface area contributed by atoms with Gasteiger partial charge in [-0.15, -0.1) is 11.3 Å². The van der Waals surface area contributed by atoms with Gasteiger partial charge in [0.1, 0.15) is 5.75 Å². The molecule has 1 aromatic heterocycles. The van der Waals surface area contributed by atoms with Gasteiger partial charge in [-0.3, -0.25) is 0 Å². The highest BCUT2D eigenvalue weighted by Gasteiger charge is 2.39. The summed E-state index contributed by atoms with van der Waals surface area (Å²) in [6, 6.07) is 15.3. The fourth-order valence-corrected chi connectivity index (χ4v) is 4.68. The summed E-state index contributed by atoms with van der Waals surface area (Å²) in [5, 5.41) is 4.89. The van der Waals surface area contributed by atoms with E-state index in [1.807, 2.05) is 11.3 Å². The van der Waals surface area contributed by atoms with E-state index >= 15 is 0 Å². The summed E-state index contributed by atoms with van der Waals surface area (Å²) in [5.41, 5.74) is 2.64. The van der Waals surface area contributed by atoms with Crippen molar-refractivity contribution in [1.29, 1.82) is 0 Å². The van der Waals surface area contributed by atoms with Crippen LogP contribution in [0.4, 0.5) is 0 Å². The van der Waals surface area contributed by atoms with E-state index in [2.05, 4.69) is 88.6 Å². The zero-order valence-corrected chi connectivity index (χ0v) is 18.0. The first-order valence-corrected chi connectivity index (χ1v) is 12.7. The molecule has 0 atom stereocenters. The Morgan fingerprint density at radius 3 is 2.40 bits per heavy atom. The van der Waals surface area contributed by atoms with E-state index in [1.165, 1.54) is 26.8 Å². The summed E-state index contributed by atoms with van der Waals surface area (Å²) in [5.74, 6) is 1.09. The van der Waals surface area contributed by atoms with Crippen LogP contribution in [0.25, 0.3) is 10.8 Å². The van der Waals surface area contributed by atoms with Gasteiger partial charge in [-0.1, -0.05) is 57.2 Å². The Morgan fingerprint density at radius 1 is 1.04 bits per heavy atom. The van der Waals surface area contributed by atoms with E-state index in [4.69, 9.17) is 4.43 Å². The Bertz CT molecular complexity index is 886. The second-order valence-electron chi connectivity index (χ2n) is 8.40. The molecular weight excluding hydrogens is 340 g/mol. The molecular formula is C22H28OSSi. The summed E-state index contributed by atoms with van der Waals surface area (Å²) < 4.78 is 6.83. The van der Waals surface area contributed by atoms with Gasteiger partial charge < -0.3 is 4.43 Å². The minimum Gasteiger partial charge on any atom is -0.543 e. The predicted molar refractivity (Wildman–Crippen MR) is 114 cm³/mol. The second-order valence-corrected chi connectivity index (χ2v) is 14.1.